The van der Waals surface area contributed by atoms with E-state index in [2.05, 4.69) is 35.9 Å². The fraction of sp³-hybridized carbons (Fsp3) is 0.450. The van der Waals surface area contributed by atoms with E-state index in [1.165, 1.54) is 16.4 Å². The Morgan fingerprint density at radius 2 is 2.08 bits per heavy atom. The van der Waals surface area contributed by atoms with Crippen LogP contribution in [0.25, 0.3) is 0 Å². The number of carbonyl (C=O) groups excluding carboxylic acids is 1. The van der Waals surface area contributed by atoms with Crippen LogP contribution in [0.4, 0.5) is 5.13 Å². The fourth-order valence-corrected chi connectivity index (χ4v) is 4.26. The van der Waals surface area contributed by atoms with Crippen molar-refractivity contribution >= 4 is 22.4 Å². The van der Waals surface area contributed by atoms with Gasteiger partial charge in [0.2, 0.25) is 5.91 Å². The Balaban J connectivity index is 1.66. The molecule has 0 saturated carbocycles. The molecule has 4 nitrogen and oxygen atoms in total. The lowest BCUT2D eigenvalue weighted by molar-refractivity contribution is -0.122. The van der Waals surface area contributed by atoms with Crippen molar-refractivity contribution in [3.63, 3.8) is 0 Å². The van der Waals surface area contributed by atoms with Crippen molar-refractivity contribution in [2.24, 2.45) is 0 Å². The minimum absolute atomic E-state index is 0.0126. The normalized spacial score (nSPS) is 18.0. The summed E-state index contributed by atoms with van der Waals surface area (Å²) in [5, 5.41) is 0.792. The molecule has 25 heavy (non-hydrogen) atoms. The fourth-order valence-electron chi connectivity index (χ4n) is 3.35. The van der Waals surface area contributed by atoms with Crippen LogP contribution < -0.4 is 4.90 Å². The lowest BCUT2D eigenvalue weighted by Crippen LogP contribution is -2.45. The van der Waals surface area contributed by atoms with Crippen molar-refractivity contribution in [3.8, 4) is 0 Å². The van der Waals surface area contributed by atoms with E-state index in [1.54, 1.807) is 16.2 Å². The van der Waals surface area contributed by atoms with Gasteiger partial charge in [-0.15, -0.1) is 11.3 Å². The Morgan fingerprint density at radius 1 is 1.32 bits per heavy atom. The molecule has 1 aromatic heterocycles. The molecule has 0 aliphatic carbocycles. The van der Waals surface area contributed by atoms with Gasteiger partial charge in [0.15, 0.2) is 5.13 Å². The number of amides is 1. The molecule has 1 radical (unpaired) electrons. The Hall–Kier alpha value is -1.72. The number of thiazole rings is 1. The highest BCUT2D eigenvalue weighted by Crippen LogP contribution is 2.27. The molecule has 1 amide bonds. The summed E-state index contributed by atoms with van der Waals surface area (Å²) in [6.07, 6.45) is 4.79. The van der Waals surface area contributed by atoms with Crippen LogP contribution >= 0.6 is 11.3 Å². The van der Waals surface area contributed by atoms with Crippen LogP contribution in [0.1, 0.15) is 37.1 Å². The highest BCUT2D eigenvalue weighted by molar-refractivity contribution is 7.15. The molecule has 3 rings (SSSR count). The molecule has 0 unspecified atom stereocenters. The van der Waals surface area contributed by atoms with Gasteiger partial charge in [-0.05, 0) is 30.9 Å². The van der Waals surface area contributed by atoms with E-state index < -0.39 is 0 Å². The number of hydrogen-bond donors (Lipinski definition) is 0. The van der Waals surface area contributed by atoms with Crippen molar-refractivity contribution in [1.82, 2.24) is 9.88 Å². The van der Waals surface area contributed by atoms with Crippen LogP contribution in [0.3, 0.4) is 0 Å². The van der Waals surface area contributed by atoms with Gasteiger partial charge in [0.1, 0.15) is 0 Å². The summed E-state index contributed by atoms with van der Waals surface area (Å²) >= 11 is 1.61. The van der Waals surface area contributed by atoms with E-state index >= 15 is 0 Å². The zero-order valence-corrected chi connectivity index (χ0v) is 16.1. The zero-order chi connectivity index (χ0) is 17.8. The predicted molar refractivity (Wildman–Crippen MR) is 104 cm³/mol. The number of carbonyl (C=O) groups is 1. The minimum Gasteiger partial charge on any atom is -0.291 e. The Kier molecular flexibility index (Phi) is 5.86. The van der Waals surface area contributed by atoms with Crippen LogP contribution in [0, 0.1) is 5.92 Å². The molecular formula is C20H26N3OS. The van der Waals surface area contributed by atoms with Crippen molar-refractivity contribution < 1.29 is 4.79 Å². The number of rotatable bonds is 6. The highest BCUT2D eigenvalue weighted by atomic mass is 32.1. The molecule has 5 heteroatoms. The van der Waals surface area contributed by atoms with E-state index in [-0.39, 0.29) is 11.9 Å². The number of anilines is 1. The first-order chi connectivity index (χ1) is 12.0. The highest BCUT2D eigenvalue weighted by Gasteiger charge is 2.33. The topological polar surface area (TPSA) is 36.4 Å². The van der Waals surface area contributed by atoms with Gasteiger partial charge in [-0.2, -0.15) is 0 Å². The summed E-state index contributed by atoms with van der Waals surface area (Å²) in [6, 6.07) is 10.4. The summed E-state index contributed by atoms with van der Waals surface area (Å²) in [5.41, 5.74) is 1.27. The largest absolute Gasteiger partial charge is 0.291 e. The first-order valence-electron chi connectivity index (χ1n) is 8.84. The quantitative estimate of drug-likeness (QED) is 0.790. The van der Waals surface area contributed by atoms with E-state index in [4.69, 9.17) is 0 Å². The zero-order valence-electron chi connectivity index (χ0n) is 15.2. The summed E-state index contributed by atoms with van der Waals surface area (Å²) < 4.78 is 0. The molecule has 1 fully saturated rings. The van der Waals surface area contributed by atoms with Gasteiger partial charge in [-0.1, -0.05) is 44.2 Å². The van der Waals surface area contributed by atoms with Crippen molar-refractivity contribution in [1.29, 1.82) is 0 Å². The molecule has 2 heterocycles. The number of likely N-dealkylation sites (tertiary alicyclic amines) is 1. The maximum Gasteiger partial charge on any atom is 0.245 e. The maximum absolute atomic E-state index is 12.9. The third-order valence-corrected chi connectivity index (χ3v) is 5.62. The lowest BCUT2D eigenvalue weighted by Gasteiger charge is -2.27. The van der Waals surface area contributed by atoms with Gasteiger partial charge in [-0.3, -0.25) is 14.6 Å². The van der Waals surface area contributed by atoms with Crippen molar-refractivity contribution in [2.45, 2.75) is 39.2 Å². The predicted octanol–water partition coefficient (Wildman–Crippen LogP) is 3.78. The average molecular weight is 357 g/mol. The van der Waals surface area contributed by atoms with Gasteiger partial charge < -0.3 is 0 Å². The van der Waals surface area contributed by atoms with E-state index in [9.17, 15) is 4.79 Å². The van der Waals surface area contributed by atoms with Crippen LogP contribution in [0.2, 0.25) is 0 Å². The number of hydrogen-bond acceptors (Lipinski definition) is 4. The van der Waals surface area contributed by atoms with E-state index in [0.717, 1.165) is 37.5 Å². The summed E-state index contributed by atoms with van der Waals surface area (Å²) in [5.74, 6) is 1.51. The Morgan fingerprint density at radius 3 is 2.80 bits per heavy atom. The molecule has 0 spiro atoms. The summed E-state index contributed by atoms with van der Waals surface area (Å²) in [4.78, 5) is 22.7. The van der Waals surface area contributed by atoms with Gasteiger partial charge in [-0.25, -0.2) is 4.98 Å². The number of nitrogens with zero attached hydrogens (tertiary/aromatic N) is 3. The van der Waals surface area contributed by atoms with Crippen molar-refractivity contribution in [2.75, 3.05) is 25.0 Å². The molecule has 133 valence electrons. The molecule has 1 aliphatic heterocycles. The van der Waals surface area contributed by atoms with E-state index in [1.807, 2.05) is 31.4 Å². The SMILES string of the molecule is C[C](C)CN1CCC[C@H]1C(=O)N(C)c1ncc(Cc2ccccc2)s1. The molecular weight excluding hydrogens is 330 g/mol. The van der Waals surface area contributed by atoms with Crippen molar-refractivity contribution in [3.05, 3.63) is 52.9 Å². The minimum atomic E-state index is -0.0126. The Bertz CT molecular complexity index is 698. The molecule has 0 bridgehead atoms. The molecule has 2 aromatic rings. The number of likely N-dealkylation sites (N-methyl/N-ethyl adjacent to an activating group) is 1. The maximum atomic E-state index is 12.9. The number of benzene rings is 1. The first kappa shape index (κ1) is 18.1. The molecule has 1 atom stereocenters. The van der Waals surface area contributed by atoms with Gasteiger partial charge in [0.05, 0.1) is 6.04 Å². The van der Waals surface area contributed by atoms with Crippen LogP contribution in [0.5, 0.6) is 0 Å². The smallest absolute Gasteiger partial charge is 0.245 e. The van der Waals surface area contributed by atoms with E-state index in [0.29, 0.717) is 0 Å². The lowest BCUT2D eigenvalue weighted by atomic mass is 10.1. The third kappa shape index (κ3) is 4.47. The monoisotopic (exact) mass is 356 g/mol. The second kappa shape index (κ2) is 8.11. The molecule has 1 aliphatic rings. The summed E-state index contributed by atoms with van der Waals surface area (Å²) in [7, 11) is 1.85. The summed E-state index contributed by atoms with van der Waals surface area (Å²) in [6.45, 7) is 6.16. The first-order valence-corrected chi connectivity index (χ1v) is 9.65. The van der Waals surface area contributed by atoms with Crippen LogP contribution in [-0.2, 0) is 11.2 Å². The average Bonchev–Trinajstić information content (AvgIpc) is 3.23. The molecule has 1 saturated heterocycles. The second-order valence-electron chi connectivity index (χ2n) is 7.00. The third-order valence-electron chi connectivity index (χ3n) is 4.55. The molecule has 1 aromatic carbocycles. The van der Waals surface area contributed by atoms with Crippen LogP contribution in [0.15, 0.2) is 36.5 Å². The standard InChI is InChI=1S/C20H26N3OS/c1-15(2)14-23-11-7-10-18(23)19(24)22(3)20-21-13-17(25-20)12-16-8-5-4-6-9-16/h4-6,8-9,13,18H,7,10-12,14H2,1-3H3/t18-/m0/s1. The van der Waals surface area contributed by atoms with Gasteiger partial charge in [0.25, 0.3) is 0 Å². The van der Waals surface area contributed by atoms with Gasteiger partial charge >= 0.3 is 0 Å². The van der Waals surface area contributed by atoms with Crippen LogP contribution in [-0.4, -0.2) is 42.0 Å². The second-order valence-corrected chi connectivity index (χ2v) is 8.10. The van der Waals surface area contributed by atoms with Gasteiger partial charge in [0, 0.05) is 31.1 Å². The molecule has 0 N–H and O–H groups in total. The Labute approximate surface area is 154 Å². The number of aromatic nitrogens is 1.